The molecule has 3 heterocycles. The number of thioether (sulfide) groups is 1. The number of aliphatic hydroxyl groups excluding tert-OH is 1. The first kappa shape index (κ1) is 29.9. The number of nitrogens with zero attached hydrogens (tertiary/aromatic N) is 2. The summed E-state index contributed by atoms with van der Waals surface area (Å²) in [7, 11) is 0. The Kier molecular flexibility index (Phi) is 9.03. The number of likely N-dealkylation sites (tertiary alicyclic amines) is 1. The largest absolute Gasteiger partial charge is 0.461 e. The summed E-state index contributed by atoms with van der Waals surface area (Å²) in [6.07, 6.45) is 4.30. The molecular weight excluding hydrogens is 580 g/mol. The van der Waals surface area contributed by atoms with Crippen LogP contribution in [0.25, 0.3) is 0 Å². The van der Waals surface area contributed by atoms with Crippen LogP contribution in [0.15, 0.2) is 43.5 Å². The summed E-state index contributed by atoms with van der Waals surface area (Å²) in [6, 6.07) is 4.50. The number of hydrogen-bond donors (Lipinski definition) is 1. The topological polar surface area (TPSA) is 87.2 Å². The molecule has 4 rings (SSSR count). The maximum atomic E-state index is 14.8. The molecule has 1 aromatic rings. The zero-order valence-corrected chi connectivity index (χ0v) is 25.5. The van der Waals surface area contributed by atoms with Crippen LogP contribution in [0.3, 0.4) is 0 Å². The van der Waals surface area contributed by atoms with Crippen molar-refractivity contribution >= 4 is 51.2 Å². The molecule has 7 atom stereocenters. The third-order valence-corrected chi connectivity index (χ3v) is 11.4. The van der Waals surface area contributed by atoms with Crippen molar-refractivity contribution in [2.45, 2.75) is 67.4 Å². The SMILES string of the molecule is C=CCOC(=O)[C@H]1[C@@H]2SC3(CC2Br)C(C(=O)N(CC=C)c2c(C)cccc2C)N([C@@H](CO)CC(C)C)C(=O)[C@H]13. The van der Waals surface area contributed by atoms with Gasteiger partial charge in [0.05, 0.1) is 29.2 Å². The number of halogens is 1. The van der Waals surface area contributed by atoms with Gasteiger partial charge in [0, 0.05) is 22.3 Å². The molecule has 9 heteroatoms. The zero-order chi connectivity index (χ0) is 28.6. The lowest BCUT2D eigenvalue weighted by Crippen LogP contribution is -2.58. The monoisotopic (exact) mass is 618 g/mol. The van der Waals surface area contributed by atoms with Gasteiger partial charge in [0.25, 0.3) is 5.91 Å². The van der Waals surface area contributed by atoms with E-state index in [1.165, 1.54) is 6.08 Å². The van der Waals surface area contributed by atoms with Crippen LogP contribution in [-0.4, -0.2) is 74.5 Å². The van der Waals surface area contributed by atoms with Crippen LogP contribution >= 0.6 is 27.7 Å². The molecule has 2 bridgehead atoms. The molecule has 3 aliphatic heterocycles. The minimum Gasteiger partial charge on any atom is -0.461 e. The van der Waals surface area contributed by atoms with E-state index in [0.717, 1.165) is 16.8 Å². The summed E-state index contributed by atoms with van der Waals surface area (Å²) < 4.78 is 4.65. The van der Waals surface area contributed by atoms with Crippen LogP contribution < -0.4 is 4.90 Å². The number of hydrogen-bond acceptors (Lipinski definition) is 6. The fraction of sp³-hybridized carbons (Fsp3) is 0.567. The van der Waals surface area contributed by atoms with Gasteiger partial charge in [-0.3, -0.25) is 14.4 Å². The minimum absolute atomic E-state index is 0.0613. The Morgan fingerprint density at radius 1 is 1.28 bits per heavy atom. The van der Waals surface area contributed by atoms with E-state index >= 15 is 0 Å². The average molecular weight is 620 g/mol. The Balaban J connectivity index is 1.87. The van der Waals surface area contributed by atoms with Gasteiger partial charge in [-0.2, -0.15) is 0 Å². The second kappa shape index (κ2) is 11.8. The van der Waals surface area contributed by atoms with E-state index in [9.17, 15) is 19.5 Å². The molecule has 1 N–H and O–H groups in total. The Hall–Kier alpha value is -2.10. The number of alkyl halides is 1. The van der Waals surface area contributed by atoms with E-state index in [-0.39, 0.29) is 47.6 Å². The van der Waals surface area contributed by atoms with Crippen LogP contribution in [0.4, 0.5) is 5.69 Å². The van der Waals surface area contributed by atoms with E-state index in [1.807, 2.05) is 45.9 Å². The fourth-order valence-corrected chi connectivity index (χ4v) is 10.4. The van der Waals surface area contributed by atoms with Crippen LogP contribution in [-0.2, 0) is 19.1 Å². The summed E-state index contributed by atoms with van der Waals surface area (Å²) in [5.74, 6) is -2.11. The predicted molar refractivity (Wildman–Crippen MR) is 159 cm³/mol. The average Bonchev–Trinajstić information content (AvgIpc) is 3.48. The van der Waals surface area contributed by atoms with Gasteiger partial charge in [0.15, 0.2) is 0 Å². The number of fused-ring (bicyclic) bond motifs is 1. The van der Waals surface area contributed by atoms with Crippen molar-refractivity contribution in [1.29, 1.82) is 0 Å². The van der Waals surface area contributed by atoms with E-state index < -0.39 is 34.6 Å². The molecular formula is C30H39BrN2O5S. The summed E-state index contributed by atoms with van der Waals surface area (Å²) in [6.45, 7) is 15.6. The number of benzene rings is 1. The highest BCUT2D eigenvalue weighted by Crippen LogP contribution is 2.68. The van der Waals surface area contributed by atoms with Gasteiger partial charge in [-0.25, -0.2) is 0 Å². The first-order valence-corrected chi connectivity index (χ1v) is 15.3. The van der Waals surface area contributed by atoms with Gasteiger partial charge in [0.1, 0.15) is 12.6 Å². The molecule has 39 heavy (non-hydrogen) atoms. The van der Waals surface area contributed by atoms with Gasteiger partial charge < -0.3 is 19.6 Å². The highest BCUT2D eigenvalue weighted by Gasteiger charge is 2.76. The quantitative estimate of drug-likeness (QED) is 0.224. The van der Waals surface area contributed by atoms with Gasteiger partial charge >= 0.3 is 5.97 Å². The van der Waals surface area contributed by atoms with E-state index in [0.29, 0.717) is 12.8 Å². The first-order chi connectivity index (χ1) is 18.5. The molecule has 3 fully saturated rings. The van der Waals surface area contributed by atoms with Crippen LogP contribution in [0.5, 0.6) is 0 Å². The lowest BCUT2D eigenvalue weighted by Gasteiger charge is -2.40. The zero-order valence-electron chi connectivity index (χ0n) is 23.1. The number of rotatable bonds is 11. The minimum atomic E-state index is -0.850. The van der Waals surface area contributed by atoms with Crippen LogP contribution in [0.1, 0.15) is 37.8 Å². The Morgan fingerprint density at radius 2 is 1.95 bits per heavy atom. The Morgan fingerprint density at radius 3 is 2.51 bits per heavy atom. The second-order valence-electron chi connectivity index (χ2n) is 11.3. The molecule has 0 aromatic heterocycles. The first-order valence-electron chi connectivity index (χ1n) is 13.5. The highest BCUT2D eigenvalue weighted by atomic mass is 79.9. The number of anilines is 1. The predicted octanol–water partition coefficient (Wildman–Crippen LogP) is 4.42. The Bertz CT molecular complexity index is 1140. The van der Waals surface area contributed by atoms with Crippen molar-refractivity contribution in [3.05, 3.63) is 54.6 Å². The number of amides is 2. The van der Waals surface area contributed by atoms with E-state index in [4.69, 9.17) is 4.74 Å². The second-order valence-corrected chi connectivity index (χ2v) is 14.0. The summed E-state index contributed by atoms with van der Waals surface area (Å²) in [4.78, 5) is 45.8. The number of esters is 1. The van der Waals surface area contributed by atoms with Crippen molar-refractivity contribution in [1.82, 2.24) is 4.90 Å². The summed E-state index contributed by atoms with van der Waals surface area (Å²) >= 11 is 5.35. The number of carbonyl (C=O) groups is 3. The molecule has 3 aliphatic rings. The van der Waals surface area contributed by atoms with Gasteiger partial charge in [-0.1, -0.05) is 66.7 Å². The van der Waals surface area contributed by atoms with Gasteiger partial charge in [-0.15, -0.1) is 18.3 Å². The normalized spacial score (nSPS) is 29.9. The fourth-order valence-electron chi connectivity index (χ4n) is 6.87. The number of aryl methyl sites for hydroxylation is 2. The van der Waals surface area contributed by atoms with Gasteiger partial charge in [0.2, 0.25) is 5.91 Å². The standard InChI is InChI=1S/C30H39BrN2O5S/c1-7-12-32(24-18(5)10-9-11-19(24)6)28(36)26-30-15-21(31)25(39-30)22(29(37)38-13-8-2)23(30)27(35)33(26)20(16-34)14-17(3)4/h7-11,17,20-23,25-26,34H,1-2,12-16H2,3-6H3/t20-,21?,22-,23+,25-,26?,30?/m1/s1. The highest BCUT2D eigenvalue weighted by molar-refractivity contribution is 9.09. The van der Waals surface area contributed by atoms with Crippen molar-refractivity contribution in [2.75, 3.05) is 24.7 Å². The van der Waals surface area contributed by atoms with Crippen LogP contribution in [0.2, 0.25) is 0 Å². The molecule has 1 spiro atoms. The lowest BCUT2D eigenvalue weighted by atomic mass is 9.71. The molecule has 3 unspecified atom stereocenters. The summed E-state index contributed by atoms with van der Waals surface area (Å²) in [5, 5.41) is 10.3. The number of ether oxygens (including phenoxy) is 1. The number of aliphatic hydroxyl groups is 1. The maximum Gasteiger partial charge on any atom is 0.311 e. The molecule has 212 valence electrons. The third kappa shape index (κ3) is 4.99. The van der Waals surface area contributed by atoms with Crippen molar-refractivity contribution < 1.29 is 24.2 Å². The van der Waals surface area contributed by atoms with E-state index in [2.05, 4.69) is 29.1 Å². The lowest BCUT2D eigenvalue weighted by molar-refractivity contribution is -0.153. The smallest absolute Gasteiger partial charge is 0.311 e. The molecule has 1 aromatic carbocycles. The molecule has 0 aliphatic carbocycles. The van der Waals surface area contributed by atoms with Crippen molar-refractivity contribution in [2.24, 2.45) is 17.8 Å². The number of para-hydroxylation sites is 1. The molecule has 7 nitrogen and oxygen atoms in total. The molecule has 0 radical (unpaired) electrons. The molecule has 0 saturated carbocycles. The van der Waals surface area contributed by atoms with Crippen LogP contribution in [0, 0.1) is 31.6 Å². The number of carbonyl (C=O) groups excluding carboxylic acids is 3. The Labute approximate surface area is 244 Å². The molecule has 2 amide bonds. The van der Waals surface area contributed by atoms with Crippen molar-refractivity contribution in [3.63, 3.8) is 0 Å². The maximum absolute atomic E-state index is 14.8. The third-order valence-electron chi connectivity index (χ3n) is 8.21. The molecule has 3 saturated heterocycles. The van der Waals surface area contributed by atoms with Gasteiger partial charge in [-0.05, 0) is 43.7 Å². The van der Waals surface area contributed by atoms with Crippen molar-refractivity contribution in [3.8, 4) is 0 Å². The van der Waals surface area contributed by atoms with E-state index in [1.54, 1.807) is 27.6 Å². The summed E-state index contributed by atoms with van der Waals surface area (Å²) in [5.41, 5.74) is 2.70.